The molecule has 0 bridgehead atoms. The molecule has 2 rings (SSSR count). The van der Waals surface area contributed by atoms with E-state index in [1.807, 2.05) is 0 Å². The molecule has 1 aliphatic carbocycles. The molecule has 0 aromatic carbocycles. The van der Waals surface area contributed by atoms with Gasteiger partial charge >= 0.3 is 0 Å². The Hall–Kier alpha value is 0.270. The van der Waals surface area contributed by atoms with Gasteiger partial charge in [0.1, 0.15) is 0 Å². The summed E-state index contributed by atoms with van der Waals surface area (Å²) in [5, 5.41) is 4.67. The monoisotopic (exact) mass is 284 g/mol. The fourth-order valence-corrected chi connectivity index (χ4v) is 4.85. The fourth-order valence-electron chi connectivity index (χ4n) is 3.56. The lowest BCUT2D eigenvalue weighted by atomic mass is 9.86. The minimum Gasteiger partial charge on any atom is -0.312 e. The number of nitrogens with one attached hydrogen (secondary N) is 1. The van der Waals surface area contributed by atoms with Gasteiger partial charge in [0.25, 0.3) is 0 Å². The highest BCUT2D eigenvalue weighted by Gasteiger charge is 2.36. The Balaban J connectivity index is 2.01. The Morgan fingerprint density at radius 1 is 1.21 bits per heavy atom. The van der Waals surface area contributed by atoms with Gasteiger partial charge in [0.05, 0.1) is 0 Å². The smallest absolute Gasteiger partial charge is 0.0243 e. The number of rotatable bonds is 3. The molecule has 0 aromatic heterocycles. The van der Waals surface area contributed by atoms with Gasteiger partial charge in [-0.25, -0.2) is 0 Å². The van der Waals surface area contributed by atoms with Crippen LogP contribution in [-0.4, -0.2) is 47.6 Å². The van der Waals surface area contributed by atoms with Gasteiger partial charge in [0.2, 0.25) is 0 Å². The zero-order valence-corrected chi connectivity index (χ0v) is 14.1. The summed E-state index contributed by atoms with van der Waals surface area (Å²) >= 11 is 2.19. The first-order valence-corrected chi connectivity index (χ1v) is 9.16. The first kappa shape index (κ1) is 15.7. The standard InChI is InChI=1S/C16H32N2S/c1-5-19-14-9-6-8-13(14)18-11-7-10-17-15(12-18)16(2,3)4/h13-15,17H,5-12H2,1-4H3. The third-order valence-corrected chi connectivity index (χ3v) is 6.05. The summed E-state index contributed by atoms with van der Waals surface area (Å²) < 4.78 is 0. The van der Waals surface area contributed by atoms with E-state index >= 15 is 0 Å². The lowest BCUT2D eigenvalue weighted by Gasteiger charge is -2.37. The van der Waals surface area contributed by atoms with Gasteiger partial charge < -0.3 is 5.32 Å². The zero-order chi connectivity index (χ0) is 13.9. The van der Waals surface area contributed by atoms with Crippen molar-refractivity contribution in [3.8, 4) is 0 Å². The largest absolute Gasteiger partial charge is 0.312 e. The van der Waals surface area contributed by atoms with Gasteiger partial charge in [-0.1, -0.05) is 34.1 Å². The van der Waals surface area contributed by atoms with Crippen LogP contribution in [0, 0.1) is 5.41 Å². The summed E-state index contributed by atoms with van der Waals surface area (Å²) in [5.41, 5.74) is 0.370. The number of nitrogens with zero attached hydrogens (tertiary/aromatic N) is 1. The minimum absolute atomic E-state index is 0.370. The van der Waals surface area contributed by atoms with Crippen molar-refractivity contribution in [2.24, 2.45) is 5.41 Å². The van der Waals surface area contributed by atoms with E-state index in [1.165, 1.54) is 51.1 Å². The molecule has 0 radical (unpaired) electrons. The molecule has 0 amide bonds. The van der Waals surface area contributed by atoms with Crippen molar-refractivity contribution in [1.29, 1.82) is 0 Å². The summed E-state index contributed by atoms with van der Waals surface area (Å²) in [6.45, 7) is 13.2. The average Bonchev–Trinajstić information content (AvgIpc) is 2.64. The minimum atomic E-state index is 0.370. The molecule has 1 saturated heterocycles. The lowest BCUT2D eigenvalue weighted by molar-refractivity contribution is 0.157. The molecule has 2 aliphatic rings. The molecule has 0 spiro atoms. The highest BCUT2D eigenvalue weighted by Crippen LogP contribution is 2.34. The second kappa shape index (κ2) is 6.82. The molecular formula is C16H32N2S. The molecule has 19 heavy (non-hydrogen) atoms. The highest BCUT2D eigenvalue weighted by atomic mass is 32.2. The molecule has 1 aliphatic heterocycles. The van der Waals surface area contributed by atoms with E-state index in [2.05, 4.69) is 49.7 Å². The molecule has 2 fully saturated rings. The molecule has 1 heterocycles. The molecule has 112 valence electrons. The summed E-state index contributed by atoms with van der Waals surface area (Å²) in [7, 11) is 0. The van der Waals surface area contributed by atoms with Gasteiger partial charge in [-0.05, 0) is 43.5 Å². The summed E-state index contributed by atoms with van der Waals surface area (Å²) in [4.78, 5) is 2.82. The van der Waals surface area contributed by atoms with Crippen LogP contribution in [0.2, 0.25) is 0 Å². The predicted octanol–water partition coefficient (Wildman–Crippen LogP) is 3.37. The van der Waals surface area contributed by atoms with Crippen LogP contribution in [0.25, 0.3) is 0 Å². The Labute approximate surface area is 124 Å². The Bertz CT molecular complexity index is 274. The van der Waals surface area contributed by atoms with Gasteiger partial charge in [-0.3, -0.25) is 4.90 Å². The van der Waals surface area contributed by atoms with Crippen molar-refractivity contribution in [3.05, 3.63) is 0 Å². The molecule has 0 aromatic rings. The quantitative estimate of drug-likeness (QED) is 0.855. The summed E-state index contributed by atoms with van der Waals surface area (Å²) in [6.07, 6.45) is 5.61. The van der Waals surface area contributed by atoms with Crippen molar-refractivity contribution in [3.63, 3.8) is 0 Å². The molecule has 2 nitrogen and oxygen atoms in total. The Morgan fingerprint density at radius 2 is 2.00 bits per heavy atom. The molecule has 1 saturated carbocycles. The van der Waals surface area contributed by atoms with E-state index in [4.69, 9.17) is 0 Å². The van der Waals surface area contributed by atoms with E-state index in [-0.39, 0.29) is 0 Å². The van der Waals surface area contributed by atoms with Crippen LogP contribution in [0.4, 0.5) is 0 Å². The van der Waals surface area contributed by atoms with Crippen molar-refractivity contribution in [1.82, 2.24) is 10.2 Å². The van der Waals surface area contributed by atoms with Crippen LogP contribution in [0.15, 0.2) is 0 Å². The van der Waals surface area contributed by atoms with E-state index in [0.717, 1.165) is 11.3 Å². The normalized spacial score (nSPS) is 34.4. The zero-order valence-electron chi connectivity index (χ0n) is 13.2. The van der Waals surface area contributed by atoms with E-state index in [9.17, 15) is 0 Å². The number of hydrogen-bond acceptors (Lipinski definition) is 3. The van der Waals surface area contributed by atoms with E-state index in [1.54, 1.807) is 0 Å². The van der Waals surface area contributed by atoms with E-state index < -0.39 is 0 Å². The Morgan fingerprint density at radius 3 is 2.68 bits per heavy atom. The lowest BCUT2D eigenvalue weighted by Crippen LogP contribution is -2.49. The van der Waals surface area contributed by atoms with Crippen LogP contribution in [0.5, 0.6) is 0 Å². The average molecular weight is 285 g/mol. The number of hydrogen-bond donors (Lipinski definition) is 1. The second-order valence-electron chi connectivity index (χ2n) is 7.21. The van der Waals surface area contributed by atoms with E-state index in [0.29, 0.717) is 11.5 Å². The maximum absolute atomic E-state index is 3.77. The van der Waals surface area contributed by atoms with Gasteiger partial charge in [0, 0.05) is 23.9 Å². The maximum atomic E-state index is 3.77. The molecule has 3 atom stereocenters. The van der Waals surface area contributed by atoms with Crippen LogP contribution >= 0.6 is 11.8 Å². The van der Waals surface area contributed by atoms with Crippen molar-refractivity contribution >= 4 is 11.8 Å². The Kier molecular flexibility index (Phi) is 5.62. The number of thioether (sulfide) groups is 1. The third kappa shape index (κ3) is 4.12. The van der Waals surface area contributed by atoms with Crippen LogP contribution in [0.3, 0.4) is 0 Å². The van der Waals surface area contributed by atoms with Crippen LogP contribution in [0.1, 0.15) is 53.4 Å². The molecular weight excluding hydrogens is 252 g/mol. The molecule has 1 N–H and O–H groups in total. The first-order valence-electron chi connectivity index (χ1n) is 8.11. The topological polar surface area (TPSA) is 15.3 Å². The van der Waals surface area contributed by atoms with Crippen LogP contribution in [-0.2, 0) is 0 Å². The SMILES string of the molecule is CCSC1CCCC1N1CCCNC(C(C)(C)C)C1. The first-order chi connectivity index (χ1) is 9.02. The molecule has 3 heteroatoms. The van der Waals surface area contributed by atoms with Crippen molar-refractivity contribution in [2.75, 3.05) is 25.4 Å². The third-order valence-electron chi connectivity index (χ3n) is 4.74. The van der Waals surface area contributed by atoms with Crippen LogP contribution < -0.4 is 5.32 Å². The van der Waals surface area contributed by atoms with Crippen molar-refractivity contribution < 1.29 is 0 Å². The van der Waals surface area contributed by atoms with Gasteiger partial charge in [0.15, 0.2) is 0 Å². The predicted molar refractivity (Wildman–Crippen MR) is 87.0 cm³/mol. The fraction of sp³-hybridized carbons (Fsp3) is 1.00. The van der Waals surface area contributed by atoms with Gasteiger partial charge in [-0.15, -0.1) is 0 Å². The summed E-state index contributed by atoms with van der Waals surface area (Å²) in [5.74, 6) is 1.27. The van der Waals surface area contributed by atoms with Gasteiger partial charge in [-0.2, -0.15) is 11.8 Å². The van der Waals surface area contributed by atoms with Crippen molar-refractivity contribution in [2.45, 2.75) is 70.7 Å². The maximum Gasteiger partial charge on any atom is 0.0243 e. The second-order valence-corrected chi connectivity index (χ2v) is 8.73. The summed E-state index contributed by atoms with van der Waals surface area (Å²) in [6, 6.07) is 1.48. The highest BCUT2D eigenvalue weighted by molar-refractivity contribution is 7.99. The molecule has 3 unspecified atom stereocenters.